The van der Waals surface area contributed by atoms with Crippen molar-refractivity contribution in [2.24, 2.45) is 5.73 Å². The molecule has 1 heterocycles. The number of anilines is 1. The van der Waals surface area contributed by atoms with E-state index >= 15 is 0 Å². The van der Waals surface area contributed by atoms with Crippen molar-refractivity contribution in [1.82, 2.24) is 4.57 Å². The highest BCUT2D eigenvalue weighted by Gasteiger charge is 2.07. The van der Waals surface area contributed by atoms with Crippen LogP contribution in [0.2, 0.25) is 0 Å². The third-order valence-corrected chi connectivity index (χ3v) is 2.77. The number of hydrogen-bond acceptors (Lipinski definition) is 4. The Labute approximate surface area is 122 Å². The first-order valence-electron chi connectivity index (χ1n) is 6.58. The molecule has 6 nitrogen and oxygen atoms in total. The van der Waals surface area contributed by atoms with Crippen LogP contribution in [0.5, 0.6) is 5.75 Å². The zero-order valence-electron chi connectivity index (χ0n) is 11.5. The number of ether oxygens (including phenoxy) is 1. The summed E-state index contributed by atoms with van der Waals surface area (Å²) in [6, 6.07) is 12.3. The summed E-state index contributed by atoms with van der Waals surface area (Å²) in [5.41, 5.74) is 5.81. The van der Waals surface area contributed by atoms with Crippen molar-refractivity contribution < 1.29 is 9.53 Å². The lowest BCUT2D eigenvalue weighted by molar-refractivity contribution is -0.118. The van der Waals surface area contributed by atoms with E-state index < -0.39 is 0 Å². The van der Waals surface area contributed by atoms with Gasteiger partial charge in [0.25, 0.3) is 11.5 Å². The van der Waals surface area contributed by atoms with E-state index in [2.05, 4.69) is 5.32 Å². The molecule has 0 radical (unpaired) electrons. The summed E-state index contributed by atoms with van der Waals surface area (Å²) >= 11 is 0. The molecular weight excluding hydrogens is 270 g/mol. The Morgan fingerprint density at radius 3 is 2.67 bits per heavy atom. The second kappa shape index (κ2) is 7.25. The van der Waals surface area contributed by atoms with Crippen LogP contribution in [0.25, 0.3) is 0 Å². The molecule has 0 bridgehead atoms. The van der Waals surface area contributed by atoms with Gasteiger partial charge in [-0.15, -0.1) is 0 Å². The molecule has 3 N–H and O–H groups in total. The van der Waals surface area contributed by atoms with Crippen LogP contribution < -0.4 is 21.3 Å². The van der Waals surface area contributed by atoms with Gasteiger partial charge in [-0.3, -0.25) is 9.59 Å². The number of rotatable bonds is 6. The maximum Gasteiger partial charge on any atom is 0.292 e. The summed E-state index contributed by atoms with van der Waals surface area (Å²) in [7, 11) is 0. The van der Waals surface area contributed by atoms with Crippen LogP contribution >= 0.6 is 0 Å². The molecule has 21 heavy (non-hydrogen) atoms. The number of carbonyl (C=O) groups is 1. The SMILES string of the molecule is NCCn1cccc(OCC(=O)Nc2ccccc2)c1=O. The number of pyridine rings is 1. The Balaban J connectivity index is 1.95. The van der Waals surface area contributed by atoms with Gasteiger partial charge in [0.15, 0.2) is 12.4 Å². The second-order valence-corrected chi connectivity index (χ2v) is 4.36. The van der Waals surface area contributed by atoms with Crippen molar-refractivity contribution in [2.75, 3.05) is 18.5 Å². The van der Waals surface area contributed by atoms with Crippen molar-refractivity contribution in [3.8, 4) is 5.75 Å². The van der Waals surface area contributed by atoms with E-state index in [-0.39, 0.29) is 23.8 Å². The third kappa shape index (κ3) is 4.19. The molecule has 1 aromatic carbocycles. The van der Waals surface area contributed by atoms with Crippen molar-refractivity contribution >= 4 is 11.6 Å². The quantitative estimate of drug-likeness (QED) is 0.823. The lowest BCUT2D eigenvalue weighted by Crippen LogP contribution is -2.27. The van der Waals surface area contributed by atoms with Crippen molar-refractivity contribution in [3.63, 3.8) is 0 Å². The molecule has 0 saturated carbocycles. The van der Waals surface area contributed by atoms with E-state index in [0.29, 0.717) is 18.8 Å². The minimum absolute atomic E-state index is 0.133. The predicted octanol–water partition coefficient (Wildman–Crippen LogP) is 0.824. The summed E-state index contributed by atoms with van der Waals surface area (Å²) < 4.78 is 6.72. The number of hydrogen-bond donors (Lipinski definition) is 2. The van der Waals surface area contributed by atoms with Gasteiger partial charge in [-0.1, -0.05) is 18.2 Å². The third-order valence-electron chi connectivity index (χ3n) is 2.77. The topological polar surface area (TPSA) is 86.3 Å². The molecule has 0 aliphatic heterocycles. The lowest BCUT2D eigenvalue weighted by Gasteiger charge is -2.09. The number of para-hydroxylation sites is 1. The zero-order chi connectivity index (χ0) is 15.1. The number of carbonyl (C=O) groups excluding carboxylic acids is 1. The summed E-state index contributed by atoms with van der Waals surface area (Å²) in [5.74, 6) is -0.191. The molecule has 6 heteroatoms. The predicted molar refractivity (Wildman–Crippen MR) is 80.3 cm³/mol. The fraction of sp³-hybridized carbons (Fsp3) is 0.200. The van der Waals surface area contributed by atoms with E-state index in [4.69, 9.17) is 10.5 Å². The molecule has 0 fully saturated rings. The average molecular weight is 287 g/mol. The van der Waals surface area contributed by atoms with Crippen LogP contribution in [0, 0.1) is 0 Å². The molecule has 2 aromatic rings. The Bertz CT molecular complexity index is 653. The van der Waals surface area contributed by atoms with E-state index in [9.17, 15) is 9.59 Å². The second-order valence-electron chi connectivity index (χ2n) is 4.36. The Kier molecular flexibility index (Phi) is 5.11. The van der Waals surface area contributed by atoms with Gasteiger partial charge in [-0.05, 0) is 24.3 Å². The molecule has 0 atom stereocenters. The Morgan fingerprint density at radius 1 is 1.19 bits per heavy atom. The average Bonchev–Trinajstić information content (AvgIpc) is 2.49. The molecular formula is C15H17N3O3. The number of amides is 1. The minimum atomic E-state index is -0.324. The van der Waals surface area contributed by atoms with Gasteiger partial charge < -0.3 is 20.4 Å². The molecule has 1 amide bonds. The highest BCUT2D eigenvalue weighted by atomic mass is 16.5. The molecule has 0 aliphatic rings. The maximum atomic E-state index is 12.0. The zero-order valence-corrected chi connectivity index (χ0v) is 11.5. The van der Waals surface area contributed by atoms with Crippen molar-refractivity contribution in [3.05, 3.63) is 59.0 Å². The summed E-state index contributed by atoms with van der Waals surface area (Å²) in [5, 5.41) is 2.68. The molecule has 110 valence electrons. The van der Waals surface area contributed by atoms with Crippen LogP contribution in [0.1, 0.15) is 0 Å². The lowest BCUT2D eigenvalue weighted by atomic mass is 10.3. The fourth-order valence-corrected chi connectivity index (χ4v) is 1.80. The molecule has 0 spiro atoms. The number of benzene rings is 1. The Morgan fingerprint density at radius 2 is 1.95 bits per heavy atom. The Hall–Kier alpha value is -2.60. The largest absolute Gasteiger partial charge is 0.478 e. The number of nitrogens with zero attached hydrogens (tertiary/aromatic N) is 1. The van der Waals surface area contributed by atoms with Gasteiger partial charge in [0.1, 0.15) is 0 Å². The van der Waals surface area contributed by atoms with Gasteiger partial charge in [-0.2, -0.15) is 0 Å². The van der Waals surface area contributed by atoms with Gasteiger partial charge in [0, 0.05) is 25.0 Å². The summed E-state index contributed by atoms with van der Waals surface area (Å²) in [4.78, 5) is 23.7. The fourth-order valence-electron chi connectivity index (χ4n) is 1.80. The highest BCUT2D eigenvalue weighted by molar-refractivity contribution is 5.91. The van der Waals surface area contributed by atoms with Crippen molar-refractivity contribution in [2.45, 2.75) is 6.54 Å². The van der Waals surface area contributed by atoms with Crippen LogP contribution in [0.3, 0.4) is 0 Å². The van der Waals surface area contributed by atoms with Gasteiger partial charge in [0.2, 0.25) is 0 Å². The minimum Gasteiger partial charge on any atom is -0.478 e. The molecule has 0 unspecified atom stereocenters. The van der Waals surface area contributed by atoms with Gasteiger partial charge >= 0.3 is 0 Å². The molecule has 0 aliphatic carbocycles. The summed E-state index contributed by atoms with van der Waals surface area (Å²) in [6.45, 7) is 0.543. The number of aromatic nitrogens is 1. The smallest absolute Gasteiger partial charge is 0.292 e. The van der Waals surface area contributed by atoms with E-state index in [1.807, 2.05) is 18.2 Å². The molecule has 0 saturated heterocycles. The van der Waals surface area contributed by atoms with Crippen LogP contribution in [-0.2, 0) is 11.3 Å². The summed E-state index contributed by atoms with van der Waals surface area (Å²) in [6.07, 6.45) is 1.63. The first-order chi connectivity index (χ1) is 10.2. The van der Waals surface area contributed by atoms with E-state index in [1.165, 1.54) is 10.6 Å². The highest BCUT2D eigenvalue weighted by Crippen LogP contribution is 2.06. The molecule has 2 rings (SSSR count). The van der Waals surface area contributed by atoms with E-state index in [1.54, 1.807) is 24.4 Å². The van der Waals surface area contributed by atoms with Crippen LogP contribution in [-0.4, -0.2) is 23.6 Å². The number of nitrogens with one attached hydrogen (secondary N) is 1. The normalized spacial score (nSPS) is 10.1. The standard InChI is InChI=1S/C15H17N3O3/c16-8-10-18-9-4-7-13(15(18)20)21-11-14(19)17-12-5-2-1-3-6-12/h1-7,9H,8,10-11,16H2,(H,17,19). The molecule has 1 aromatic heterocycles. The van der Waals surface area contributed by atoms with Gasteiger partial charge in [-0.25, -0.2) is 0 Å². The van der Waals surface area contributed by atoms with Crippen molar-refractivity contribution in [1.29, 1.82) is 0 Å². The van der Waals surface area contributed by atoms with E-state index in [0.717, 1.165) is 0 Å². The van der Waals surface area contributed by atoms with Crippen LogP contribution in [0.4, 0.5) is 5.69 Å². The first-order valence-corrected chi connectivity index (χ1v) is 6.58. The number of nitrogens with two attached hydrogens (primary N) is 1. The first kappa shape index (κ1) is 14.8. The monoisotopic (exact) mass is 287 g/mol. The van der Waals surface area contributed by atoms with Gasteiger partial charge in [0.05, 0.1) is 0 Å². The van der Waals surface area contributed by atoms with Crippen LogP contribution in [0.15, 0.2) is 53.5 Å². The maximum absolute atomic E-state index is 12.0.